The molecule has 0 aliphatic heterocycles. The molecule has 5 nitrogen and oxygen atoms in total. The summed E-state index contributed by atoms with van der Waals surface area (Å²) in [7, 11) is -2.41. The first-order valence-electron chi connectivity index (χ1n) is 6.85. The Labute approximate surface area is 134 Å². The highest BCUT2D eigenvalue weighted by atomic mass is 32.2. The molecule has 0 heterocycles. The first kappa shape index (κ1) is 17.2. The lowest BCUT2D eigenvalue weighted by atomic mass is 10.2. The van der Waals surface area contributed by atoms with Crippen molar-refractivity contribution < 1.29 is 26.5 Å². The fourth-order valence-corrected chi connectivity index (χ4v) is 2.72. The lowest BCUT2D eigenvalue weighted by Gasteiger charge is -2.11. The van der Waals surface area contributed by atoms with Crippen molar-refractivity contribution in [1.82, 2.24) is 0 Å². The average molecular weight is 340 g/mol. The average Bonchev–Trinajstić information content (AvgIpc) is 2.52. The first-order valence-corrected chi connectivity index (χ1v) is 8.25. The normalized spacial score (nSPS) is 11.3. The molecule has 0 radical (unpaired) electrons. The molecule has 7 heteroatoms. The van der Waals surface area contributed by atoms with E-state index in [-0.39, 0.29) is 23.9 Å². The molecule has 2 rings (SSSR count). The van der Waals surface area contributed by atoms with E-state index in [9.17, 15) is 12.8 Å². The minimum Gasteiger partial charge on any atom is -0.493 e. The van der Waals surface area contributed by atoms with Gasteiger partial charge in [-0.15, -0.1) is 0 Å². The Hall–Kier alpha value is -2.12. The molecule has 0 unspecified atom stereocenters. The predicted octanol–water partition coefficient (Wildman–Crippen LogP) is 2.93. The molecule has 2 aromatic carbocycles. The topological polar surface area (TPSA) is 61.8 Å². The monoisotopic (exact) mass is 340 g/mol. The molecule has 0 bridgehead atoms. The number of rotatable bonds is 7. The number of aryl methyl sites for hydroxylation is 1. The fourth-order valence-electron chi connectivity index (χ4n) is 1.83. The van der Waals surface area contributed by atoms with E-state index in [1.807, 2.05) is 6.92 Å². The van der Waals surface area contributed by atoms with Crippen LogP contribution in [0.5, 0.6) is 11.5 Å². The summed E-state index contributed by atoms with van der Waals surface area (Å²) in [4.78, 5) is 0.0754. The summed E-state index contributed by atoms with van der Waals surface area (Å²) >= 11 is 0. The van der Waals surface area contributed by atoms with Crippen LogP contribution in [0.1, 0.15) is 5.56 Å². The maximum Gasteiger partial charge on any atom is 0.297 e. The standard InChI is InChI=1S/C16H17FO5S/c1-12-3-6-14(7-4-12)23(18,19)22-10-9-21-16-11-13(17)5-8-15(16)20-2/h3-8,11H,9-10H2,1-2H3. The van der Waals surface area contributed by atoms with E-state index < -0.39 is 15.9 Å². The van der Waals surface area contributed by atoms with Crippen molar-refractivity contribution in [1.29, 1.82) is 0 Å². The molecule has 124 valence electrons. The van der Waals surface area contributed by atoms with Crippen molar-refractivity contribution in [3.8, 4) is 11.5 Å². The smallest absolute Gasteiger partial charge is 0.297 e. The van der Waals surface area contributed by atoms with E-state index in [1.165, 1.54) is 31.4 Å². The SMILES string of the molecule is COc1ccc(F)cc1OCCOS(=O)(=O)c1ccc(C)cc1. The largest absolute Gasteiger partial charge is 0.493 e. The Morgan fingerprint density at radius 3 is 2.35 bits per heavy atom. The molecular weight excluding hydrogens is 323 g/mol. The lowest BCUT2D eigenvalue weighted by Crippen LogP contribution is -2.13. The van der Waals surface area contributed by atoms with Crippen LogP contribution < -0.4 is 9.47 Å². The summed E-state index contributed by atoms with van der Waals surface area (Å²) in [5, 5.41) is 0. The number of hydrogen-bond donors (Lipinski definition) is 0. The molecule has 2 aromatic rings. The van der Waals surface area contributed by atoms with Gasteiger partial charge in [-0.1, -0.05) is 17.7 Å². The Bertz CT molecular complexity index is 757. The third-order valence-electron chi connectivity index (χ3n) is 3.01. The summed E-state index contributed by atoms with van der Waals surface area (Å²) in [6.45, 7) is 1.60. The highest BCUT2D eigenvalue weighted by Gasteiger charge is 2.15. The van der Waals surface area contributed by atoms with Gasteiger partial charge in [0.05, 0.1) is 12.0 Å². The van der Waals surface area contributed by atoms with E-state index in [4.69, 9.17) is 13.7 Å². The maximum atomic E-state index is 13.2. The van der Waals surface area contributed by atoms with Crippen LogP contribution in [0.15, 0.2) is 47.4 Å². The van der Waals surface area contributed by atoms with Gasteiger partial charge < -0.3 is 9.47 Å². The third kappa shape index (κ3) is 4.67. The zero-order valence-corrected chi connectivity index (χ0v) is 13.6. The van der Waals surface area contributed by atoms with E-state index in [0.717, 1.165) is 11.6 Å². The van der Waals surface area contributed by atoms with Crippen molar-refractivity contribution >= 4 is 10.1 Å². The maximum absolute atomic E-state index is 13.2. The van der Waals surface area contributed by atoms with Gasteiger partial charge in [-0.2, -0.15) is 8.42 Å². The summed E-state index contributed by atoms with van der Waals surface area (Å²) < 4.78 is 52.3. The van der Waals surface area contributed by atoms with Gasteiger partial charge in [0.2, 0.25) is 0 Å². The second-order valence-corrected chi connectivity index (χ2v) is 6.35. The summed E-state index contributed by atoms with van der Waals surface area (Å²) in [5.74, 6) is 0.0608. The Kier molecular flexibility index (Phi) is 5.57. The number of hydrogen-bond acceptors (Lipinski definition) is 5. The highest BCUT2D eigenvalue weighted by Crippen LogP contribution is 2.27. The summed E-state index contributed by atoms with van der Waals surface area (Å²) in [6, 6.07) is 10.1. The van der Waals surface area contributed by atoms with E-state index in [1.54, 1.807) is 12.1 Å². The van der Waals surface area contributed by atoms with Crippen LogP contribution in [0, 0.1) is 12.7 Å². The van der Waals surface area contributed by atoms with Crippen LogP contribution in [-0.2, 0) is 14.3 Å². The molecule has 0 aliphatic carbocycles. The number of ether oxygens (including phenoxy) is 2. The number of halogens is 1. The molecule has 0 saturated carbocycles. The van der Waals surface area contributed by atoms with Crippen LogP contribution in [-0.4, -0.2) is 28.7 Å². The van der Waals surface area contributed by atoms with Crippen LogP contribution in [0.3, 0.4) is 0 Å². The van der Waals surface area contributed by atoms with Crippen molar-refractivity contribution in [3.05, 3.63) is 53.8 Å². The predicted molar refractivity (Wildman–Crippen MR) is 82.8 cm³/mol. The van der Waals surface area contributed by atoms with Crippen LogP contribution >= 0.6 is 0 Å². The van der Waals surface area contributed by atoms with Crippen LogP contribution in [0.4, 0.5) is 4.39 Å². The quantitative estimate of drug-likeness (QED) is 0.573. The van der Waals surface area contributed by atoms with Crippen LogP contribution in [0.2, 0.25) is 0 Å². The molecule has 0 aliphatic rings. The van der Waals surface area contributed by atoms with E-state index >= 15 is 0 Å². The van der Waals surface area contributed by atoms with Gasteiger partial charge in [0.1, 0.15) is 19.0 Å². The molecule has 0 N–H and O–H groups in total. The van der Waals surface area contributed by atoms with Gasteiger partial charge in [-0.05, 0) is 31.2 Å². The molecule has 23 heavy (non-hydrogen) atoms. The molecule has 0 atom stereocenters. The number of methoxy groups -OCH3 is 1. The van der Waals surface area contributed by atoms with Gasteiger partial charge in [0.25, 0.3) is 10.1 Å². The minimum absolute atomic E-state index is 0.0646. The molecule has 0 aromatic heterocycles. The molecule has 0 saturated heterocycles. The van der Waals surface area contributed by atoms with Gasteiger partial charge in [0, 0.05) is 6.07 Å². The van der Waals surface area contributed by atoms with Crippen LogP contribution in [0.25, 0.3) is 0 Å². The number of benzene rings is 2. The van der Waals surface area contributed by atoms with E-state index in [2.05, 4.69) is 0 Å². The Balaban J connectivity index is 1.92. The van der Waals surface area contributed by atoms with Crippen molar-refractivity contribution in [2.45, 2.75) is 11.8 Å². The molecule has 0 amide bonds. The third-order valence-corrected chi connectivity index (χ3v) is 4.34. The highest BCUT2D eigenvalue weighted by molar-refractivity contribution is 7.86. The van der Waals surface area contributed by atoms with Crippen molar-refractivity contribution in [2.75, 3.05) is 20.3 Å². The Morgan fingerprint density at radius 1 is 1.00 bits per heavy atom. The zero-order valence-electron chi connectivity index (χ0n) is 12.8. The van der Waals surface area contributed by atoms with E-state index in [0.29, 0.717) is 5.75 Å². The lowest BCUT2D eigenvalue weighted by molar-refractivity contribution is 0.214. The second kappa shape index (κ2) is 7.43. The first-order chi connectivity index (χ1) is 10.9. The van der Waals surface area contributed by atoms with Gasteiger partial charge >= 0.3 is 0 Å². The van der Waals surface area contributed by atoms with Crippen molar-refractivity contribution in [3.63, 3.8) is 0 Å². The summed E-state index contributed by atoms with van der Waals surface area (Å²) in [5.41, 5.74) is 0.950. The fraction of sp³-hybridized carbons (Fsp3) is 0.250. The van der Waals surface area contributed by atoms with Crippen molar-refractivity contribution in [2.24, 2.45) is 0 Å². The molecule has 0 fully saturated rings. The van der Waals surface area contributed by atoms with Gasteiger partial charge in [-0.3, -0.25) is 4.18 Å². The van der Waals surface area contributed by atoms with Gasteiger partial charge in [0.15, 0.2) is 11.5 Å². The second-order valence-electron chi connectivity index (χ2n) is 4.73. The minimum atomic E-state index is -3.84. The zero-order chi connectivity index (χ0) is 16.9. The molecular formula is C16H17FO5S. The molecule has 0 spiro atoms. The Morgan fingerprint density at radius 2 is 1.70 bits per heavy atom. The van der Waals surface area contributed by atoms with Gasteiger partial charge in [-0.25, -0.2) is 4.39 Å². The summed E-state index contributed by atoms with van der Waals surface area (Å²) in [6.07, 6.45) is 0.